The Morgan fingerprint density at radius 1 is 1.43 bits per heavy atom. The van der Waals surface area contributed by atoms with Crippen LogP contribution >= 0.6 is 11.6 Å². The Labute approximate surface area is 138 Å². The third kappa shape index (κ3) is 3.24. The number of piperidine rings is 1. The minimum absolute atomic E-state index is 0.0707. The average molecular weight is 336 g/mol. The first-order valence-corrected chi connectivity index (χ1v) is 7.85. The van der Waals surface area contributed by atoms with Gasteiger partial charge in [0.2, 0.25) is 0 Å². The Hall–Kier alpha value is -1.89. The monoisotopic (exact) mass is 335 g/mol. The minimum atomic E-state index is -0.717. The lowest BCUT2D eigenvalue weighted by Gasteiger charge is -2.35. The van der Waals surface area contributed by atoms with E-state index in [0.29, 0.717) is 23.6 Å². The summed E-state index contributed by atoms with van der Waals surface area (Å²) in [5.41, 5.74) is 1.13. The van der Waals surface area contributed by atoms with Crippen LogP contribution in [0.25, 0.3) is 5.69 Å². The molecule has 2 aromatic rings. The van der Waals surface area contributed by atoms with Gasteiger partial charge in [-0.3, -0.25) is 4.79 Å². The van der Waals surface area contributed by atoms with Gasteiger partial charge in [-0.05, 0) is 30.7 Å². The number of aliphatic hydroxyl groups is 2. The van der Waals surface area contributed by atoms with E-state index in [0.717, 1.165) is 5.69 Å². The van der Waals surface area contributed by atoms with Gasteiger partial charge in [-0.2, -0.15) is 5.10 Å². The summed E-state index contributed by atoms with van der Waals surface area (Å²) in [5.74, 6) is -0.399. The molecule has 2 heterocycles. The highest BCUT2D eigenvalue weighted by Gasteiger charge is 2.30. The van der Waals surface area contributed by atoms with Gasteiger partial charge in [0, 0.05) is 38.0 Å². The average Bonchev–Trinajstić information content (AvgIpc) is 3.09. The molecule has 122 valence electrons. The molecule has 1 fully saturated rings. The molecule has 23 heavy (non-hydrogen) atoms. The number of hydrogen-bond acceptors (Lipinski definition) is 4. The molecule has 1 aliphatic rings. The largest absolute Gasteiger partial charge is 0.396 e. The van der Waals surface area contributed by atoms with Crippen LogP contribution in [-0.4, -0.2) is 56.6 Å². The van der Waals surface area contributed by atoms with Gasteiger partial charge in [-0.1, -0.05) is 11.6 Å². The number of nitrogens with zero attached hydrogens (tertiary/aromatic N) is 3. The number of likely N-dealkylation sites (tertiary alicyclic amines) is 1. The molecule has 0 radical (unpaired) electrons. The number of carbonyl (C=O) groups is 1. The fourth-order valence-corrected chi connectivity index (χ4v) is 2.99. The highest BCUT2D eigenvalue weighted by Crippen LogP contribution is 2.24. The summed E-state index contributed by atoms with van der Waals surface area (Å²) in [6.45, 7) is 0.620. The number of aliphatic hydroxyl groups excluding tert-OH is 2. The number of hydrogen-bond donors (Lipinski definition) is 2. The van der Waals surface area contributed by atoms with E-state index >= 15 is 0 Å². The van der Waals surface area contributed by atoms with E-state index in [2.05, 4.69) is 5.10 Å². The van der Waals surface area contributed by atoms with Crippen LogP contribution in [0.3, 0.4) is 0 Å². The SMILES string of the molecule is O=C(c1cc(-n2cccn2)ccc1Cl)N1CC[C@H](CO)[C@@H](O)C1. The van der Waals surface area contributed by atoms with Crippen LogP contribution < -0.4 is 0 Å². The molecule has 7 heteroatoms. The predicted molar refractivity (Wildman–Crippen MR) is 85.7 cm³/mol. The second kappa shape index (κ2) is 6.70. The van der Waals surface area contributed by atoms with Crippen LogP contribution in [0, 0.1) is 5.92 Å². The van der Waals surface area contributed by atoms with Crippen LogP contribution in [0.15, 0.2) is 36.7 Å². The molecule has 0 unspecified atom stereocenters. The Kier molecular flexibility index (Phi) is 4.66. The molecular weight excluding hydrogens is 318 g/mol. The van der Waals surface area contributed by atoms with Crippen molar-refractivity contribution in [1.29, 1.82) is 0 Å². The summed E-state index contributed by atoms with van der Waals surface area (Å²) >= 11 is 6.18. The first-order valence-electron chi connectivity index (χ1n) is 7.48. The second-order valence-corrected chi connectivity index (χ2v) is 6.07. The highest BCUT2D eigenvalue weighted by molar-refractivity contribution is 6.33. The van der Waals surface area contributed by atoms with Gasteiger partial charge in [0.05, 0.1) is 22.4 Å². The standard InChI is InChI=1S/C16H18ClN3O3/c17-14-3-2-12(20-6-1-5-18-20)8-13(14)16(23)19-7-4-11(10-21)15(22)9-19/h1-3,5-6,8,11,15,21-22H,4,7,9-10H2/t11-,15+/m1/s1. The summed E-state index contributed by atoms with van der Waals surface area (Å²) in [6.07, 6.45) is 3.30. The summed E-state index contributed by atoms with van der Waals surface area (Å²) in [6, 6.07) is 6.95. The lowest BCUT2D eigenvalue weighted by Crippen LogP contribution is -2.47. The first-order chi connectivity index (χ1) is 11.1. The van der Waals surface area contributed by atoms with Crippen LogP contribution in [0.2, 0.25) is 5.02 Å². The summed E-state index contributed by atoms with van der Waals surface area (Å²) < 4.78 is 1.65. The maximum absolute atomic E-state index is 12.7. The summed E-state index contributed by atoms with van der Waals surface area (Å²) in [4.78, 5) is 14.3. The molecule has 1 aromatic heterocycles. The number of carbonyl (C=O) groups excluding carboxylic acids is 1. The molecule has 0 saturated carbocycles. The van der Waals surface area contributed by atoms with Crippen LogP contribution in [0.1, 0.15) is 16.8 Å². The van der Waals surface area contributed by atoms with Gasteiger partial charge >= 0.3 is 0 Å². The topological polar surface area (TPSA) is 78.6 Å². The quantitative estimate of drug-likeness (QED) is 0.887. The van der Waals surface area contributed by atoms with Crippen molar-refractivity contribution in [2.24, 2.45) is 5.92 Å². The molecule has 1 amide bonds. The summed E-state index contributed by atoms with van der Waals surface area (Å²) in [5, 5.41) is 23.7. The van der Waals surface area contributed by atoms with Gasteiger partial charge in [0.15, 0.2) is 0 Å². The Bertz CT molecular complexity index is 690. The zero-order chi connectivity index (χ0) is 16.4. The molecule has 2 atom stereocenters. The number of β-amino-alcohol motifs (C(OH)–C–C–N with tert-alkyl or cyclic N) is 1. The number of aromatic nitrogens is 2. The molecule has 1 aliphatic heterocycles. The van der Waals surface area contributed by atoms with Gasteiger partial charge in [-0.15, -0.1) is 0 Å². The van der Waals surface area contributed by atoms with E-state index in [1.54, 1.807) is 46.2 Å². The van der Waals surface area contributed by atoms with Gasteiger partial charge < -0.3 is 15.1 Å². The molecule has 0 bridgehead atoms. The fourth-order valence-electron chi connectivity index (χ4n) is 2.79. The fraction of sp³-hybridized carbons (Fsp3) is 0.375. The van der Waals surface area contributed by atoms with E-state index < -0.39 is 6.10 Å². The van der Waals surface area contributed by atoms with Crippen molar-refractivity contribution in [3.05, 3.63) is 47.2 Å². The number of benzene rings is 1. The Balaban J connectivity index is 1.83. The Morgan fingerprint density at radius 2 is 2.26 bits per heavy atom. The molecule has 2 N–H and O–H groups in total. The molecular formula is C16H18ClN3O3. The maximum atomic E-state index is 12.7. The number of halogens is 1. The van der Waals surface area contributed by atoms with Crippen molar-refractivity contribution in [1.82, 2.24) is 14.7 Å². The van der Waals surface area contributed by atoms with Gasteiger partial charge in [0.25, 0.3) is 5.91 Å². The molecule has 1 saturated heterocycles. The van der Waals surface area contributed by atoms with Gasteiger partial charge in [-0.25, -0.2) is 4.68 Å². The van der Waals surface area contributed by atoms with Crippen molar-refractivity contribution >= 4 is 17.5 Å². The molecule has 1 aromatic carbocycles. The van der Waals surface area contributed by atoms with E-state index in [-0.39, 0.29) is 25.0 Å². The number of amides is 1. The van der Waals surface area contributed by atoms with Crippen molar-refractivity contribution < 1.29 is 15.0 Å². The number of rotatable bonds is 3. The molecule has 6 nitrogen and oxygen atoms in total. The van der Waals surface area contributed by atoms with Crippen molar-refractivity contribution in [3.8, 4) is 5.69 Å². The maximum Gasteiger partial charge on any atom is 0.255 e. The van der Waals surface area contributed by atoms with Crippen molar-refractivity contribution in [2.45, 2.75) is 12.5 Å². The van der Waals surface area contributed by atoms with E-state index in [9.17, 15) is 15.0 Å². The second-order valence-electron chi connectivity index (χ2n) is 5.66. The zero-order valence-electron chi connectivity index (χ0n) is 12.5. The molecule has 3 rings (SSSR count). The molecule has 0 spiro atoms. The smallest absolute Gasteiger partial charge is 0.255 e. The van der Waals surface area contributed by atoms with E-state index in [1.165, 1.54) is 0 Å². The lowest BCUT2D eigenvalue weighted by molar-refractivity contribution is 0.000882. The molecule has 0 aliphatic carbocycles. The third-order valence-electron chi connectivity index (χ3n) is 4.19. The predicted octanol–water partition coefficient (Wildman–Crippen LogP) is 1.34. The minimum Gasteiger partial charge on any atom is -0.396 e. The summed E-state index contributed by atoms with van der Waals surface area (Å²) in [7, 11) is 0. The normalized spacial score (nSPS) is 21.4. The lowest BCUT2D eigenvalue weighted by atomic mass is 9.94. The Morgan fingerprint density at radius 3 is 2.91 bits per heavy atom. The van der Waals surface area contributed by atoms with E-state index in [4.69, 9.17) is 11.6 Å². The van der Waals surface area contributed by atoms with Crippen molar-refractivity contribution in [3.63, 3.8) is 0 Å². The van der Waals surface area contributed by atoms with Crippen molar-refractivity contribution in [2.75, 3.05) is 19.7 Å². The van der Waals surface area contributed by atoms with Crippen LogP contribution in [-0.2, 0) is 0 Å². The third-order valence-corrected chi connectivity index (χ3v) is 4.52. The van der Waals surface area contributed by atoms with E-state index in [1.807, 2.05) is 0 Å². The highest BCUT2D eigenvalue weighted by atomic mass is 35.5. The first kappa shape index (κ1) is 16.0. The van der Waals surface area contributed by atoms with Crippen LogP contribution in [0.4, 0.5) is 0 Å². The van der Waals surface area contributed by atoms with Gasteiger partial charge in [0.1, 0.15) is 0 Å². The van der Waals surface area contributed by atoms with Crippen LogP contribution in [0.5, 0.6) is 0 Å². The zero-order valence-corrected chi connectivity index (χ0v) is 13.2.